The maximum Gasteiger partial charge on any atom is 0.0756 e. The van der Waals surface area contributed by atoms with E-state index in [0.29, 0.717) is 18.2 Å². The first-order valence-electron chi connectivity index (χ1n) is 8.25. The van der Waals surface area contributed by atoms with Crippen LogP contribution in [0.3, 0.4) is 0 Å². The summed E-state index contributed by atoms with van der Waals surface area (Å²) in [4.78, 5) is 2.54. The molecule has 3 rings (SSSR count). The van der Waals surface area contributed by atoms with Gasteiger partial charge >= 0.3 is 0 Å². The van der Waals surface area contributed by atoms with Crippen LogP contribution in [-0.2, 0) is 11.3 Å². The summed E-state index contributed by atoms with van der Waals surface area (Å²) < 4.78 is 7.11. The van der Waals surface area contributed by atoms with E-state index in [-0.39, 0.29) is 0 Å². The van der Waals surface area contributed by atoms with Crippen molar-refractivity contribution in [2.45, 2.75) is 57.2 Å². The van der Waals surface area contributed by atoms with E-state index < -0.39 is 0 Å². The fourth-order valence-corrected chi connectivity index (χ4v) is 3.73. The number of methoxy groups -OCH3 is 1. The lowest BCUT2D eigenvalue weighted by Gasteiger charge is -2.49. The van der Waals surface area contributed by atoms with Gasteiger partial charge in [0.05, 0.1) is 25.0 Å². The normalized spacial score (nSPS) is 25.4. The standard InChI is InChI=1S/C16H28N4O/c1-14-10-17-16(6-4-3-5-7-16)13-20(14)15-11-18-19(12-15)8-9-21-2/h11-12,14,17H,3-10,13H2,1-2H3. The molecule has 0 aromatic carbocycles. The maximum atomic E-state index is 5.13. The monoisotopic (exact) mass is 292 g/mol. The van der Waals surface area contributed by atoms with Crippen LogP contribution in [0.1, 0.15) is 39.0 Å². The number of hydrogen-bond acceptors (Lipinski definition) is 4. The highest BCUT2D eigenvalue weighted by Crippen LogP contribution is 2.33. The Morgan fingerprint density at radius 3 is 2.95 bits per heavy atom. The number of rotatable bonds is 4. The quantitative estimate of drug-likeness (QED) is 0.922. The Balaban J connectivity index is 1.71. The second-order valence-electron chi connectivity index (χ2n) is 6.65. The summed E-state index contributed by atoms with van der Waals surface area (Å²) in [5.74, 6) is 0. The number of piperazine rings is 1. The van der Waals surface area contributed by atoms with Gasteiger partial charge in [-0.25, -0.2) is 0 Å². The molecule has 5 nitrogen and oxygen atoms in total. The molecule has 2 heterocycles. The van der Waals surface area contributed by atoms with Gasteiger partial charge in [0.15, 0.2) is 0 Å². The zero-order valence-electron chi connectivity index (χ0n) is 13.3. The van der Waals surface area contributed by atoms with Crippen LogP contribution in [0.15, 0.2) is 12.4 Å². The van der Waals surface area contributed by atoms with Gasteiger partial charge in [-0.2, -0.15) is 5.10 Å². The lowest BCUT2D eigenvalue weighted by Crippen LogP contribution is -2.64. The zero-order valence-corrected chi connectivity index (χ0v) is 13.3. The Hall–Kier alpha value is -1.07. The van der Waals surface area contributed by atoms with Gasteiger partial charge in [-0.1, -0.05) is 19.3 Å². The smallest absolute Gasteiger partial charge is 0.0756 e. The third kappa shape index (κ3) is 3.24. The van der Waals surface area contributed by atoms with Crippen LogP contribution in [0.4, 0.5) is 5.69 Å². The van der Waals surface area contributed by atoms with Crippen LogP contribution in [-0.4, -0.2) is 48.2 Å². The molecule has 21 heavy (non-hydrogen) atoms. The fourth-order valence-electron chi connectivity index (χ4n) is 3.73. The first-order chi connectivity index (χ1) is 10.2. The molecule has 1 aliphatic heterocycles. The van der Waals surface area contributed by atoms with Crippen LogP contribution in [0.2, 0.25) is 0 Å². The predicted octanol–water partition coefficient (Wildman–Crippen LogP) is 2.03. The van der Waals surface area contributed by atoms with Crippen molar-refractivity contribution in [3.05, 3.63) is 12.4 Å². The molecule has 1 spiro atoms. The van der Waals surface area contributed by atoms with Gasteiger partial charge in [-0.3, -0.25) is 4.68 Å². The number of ether oxygens (including phenoxy) is 1. The van der Waals surface area contributed by atoms with Crippen LogP contribution >= 0.6 is 0 Å². The van der Waals surface area contributed by atoms with Gasteiger partial charge in [0.1, 0.15) is 0 Å². The third-order valence-corrected chi connectivity index (χ3v) is 5.06. The summed E-state index contributed by atoms with van der Waals surface area (Å²) in [5.41, 5.74) is 1.59. The van der Waals surface area contributed by atoms with Gasteiger partial charge in [0.2, 0.25) is 0 Å². The largest absolute Gasteiger partial charge is 0.383 e. The molecule has 0 radical (unpaired) electrons. The third-order valence-electron chi connectivity index (χ3n) is 5.06. The first-order valence-corrected chi connectivity index (χ1v) is 8.25. The van der Waals surface area contributed by atoms with Gasteiger partial charge in [0, 0.05) is 38.0 Å². The lowest BCUT2D eigenvalue weighted by atomic mass is 9.79. The molecule has 2 fully saturated rings. The molecular weight excluding hydrogens is 264 g/mol. The molecular formula is C16H28N4O. The minimum absolute atomic E-state index is 0.333. The van der Waals surface area contributed by atoms with Crippen LogP contribution in [0, 0.1) is 0 Å². The van der Waals surface area contributed by atoms with E-state index in [1.54, 1.807) is 7.11 Å². The second-order valence-corrected chi connectivity index (χ2v) is 6.65. The van der Waals surface area contributed by atoms with E-state index in [4.69, 9.17) is 4.74 Å². The van der Waals surface area contributed by atoms with Crippen molar-refractivity contribution in [2.75, 3.05) is 31.7 Å². The molecule has 5 heteroatoms. The summed E-state index contributed by atoms with van der Waals surface area (Å²) in [5, 5.41) is 8.31. The molecule has 118 valence electrons. The average Bonchev–Trinajstić information content (AvgIpc) is 2.97. The van der Waals surface area contributed by atoms with E-state index in [9.17, 15) is 0 Å². The molecule has 2 aliphatic rings. The predicted molar refractivity (Wildman–Crippen MR) is 84.7 cm³/mol. The molecule has 1 aromatic heterocycles. The molecule has 1 atom stereocenters. The van der Waals surface area contributed by atoms with E-state index in [1.807, 2.05) is 10.9 Å². The van der Waals surface area contributed by atoms with Crippen molar-refractivity contribution in [2.24, 2.45) is 0 Å². The average molecular weight is 292 g/mol. The minimum atomic E-state index is 0.333. The molecule has 1 aliphatic carbocycles. The number of aromatic nitrogens is 2. The highest BCUT2D eigenvalue weighted by Gasteiger charge is 2.38. The van der Waals surface area contributed by atoms with Gasteiger partial charge in [0.25, 0.3) is 0 Å². The summed E-state index contributed by atoms with van der Waals surface area (Å²) in [7, 11) is 1.73. The minimum Gasteiger partial charge on any atom is -0.383 e. The van der Waals surface area contributed by atoms with Crippen molar-refractivity contribution < 1.29 is 4.74 Å². The van der Waals surface area contributed by atoms with Crippen LogP contribution in [0.5, 0.6) is 0 Å². The van der Waals surface area contributed by atoms with Crippen LogP contribution in [0.25, 0.3) is 0 Å². The number of nitrogens with one attached hydrogen (secondary N) is 1. The Kier molecular flexibility index (Phi) is 4.50. The number of hydrogen-bond donors (Lipinski definition) is 1. The van der Waals surface area contributed by atoms with Crippen molar-refractivity contribution in [1.29, 1.82) is 0 Å². The molecule has 0 bridgehead atoms. The van der Waals surface area contributed by atoms with Gasteiger partial charge in [-0.05, 0) is 19.8 Å². The number of nitrogens with zero attached hydrogens (tertiary/aromatic N) is 3. The summed E-state index contributed by atoms with van der Waals surface area (Å²) in [6, 6.07) is 0.526. The Labute approximate surface area is 127 Å². The first kappa shape index (κ1) is 14.9. The Bertz CT molecular complexity index is 453. The Morgan fingerprint density at radius 1 is 1.38 bits per heavy atom. The molecule has 1 unspecified atom stereocenters. The van der Waals surface area contributed by atoms with Gasteiger partial charge in [-0.15, -0.1) is 0 Å². The van der Waals surface area contributed by atoms with Crippen molar-refractivity contribution in [3.8, 4) is 0 Å². The highest BCUT2D eigenvalue weighted by atomic mass is 16.5. The topological polar surface area (TPSA) is 42.3 Å². The van der Waals surface area contributed by atoms with Crippen LogP contribution < -0.4 is 10.2 Å². The van der Waals surface area contributed by atoms with E-state index >= 15 is 0 Å². The van der Waals surface area contributed by atoms with Gasteiger partial charge < -0.3 is 15.0 Å². The Morgan fingerprint density at radius 2 is 2.19 bits per heavy atom. The summed E-state index contributed by atoms with van der Waals surface area (Å²) in [6.45, 7) is 6.02. The molecule has 1 saturated carbocycles. The highest BCUT2D eigenvalue weighted by molar-refractivity contribution is 5.45. The SMILES string of the molecule is COCCn1cc(N2CC3(CCCCC3)NCC2C)cn1. The van der Waals surface area contributed by atoms with E-state index in [0.717, 1.165) is 19.6 Å². The summed E-state index contributed by atoms with van der Waals surface area (Å²) in [6.07, 6.45) is 10.9. The fraction of sp³-hybridized carbons (Fsp3) is 0.812. The zero-order chi connectivity index (χ0) is 14.7. The van der Waals surface area contributed by atoms with E-state index in [2.05, 4.69) is 28.4 Å². The molecule has 1 N–H and O–H groups in total. The number of anilines is 1. The molecule has 1 aromatic rings. The van der Waals surface area contributed by atoms with E-state index in [1.165, 1.54) is 37.8 Å². The second kappa shape index (κ2) is 6.36. The van der Waals surface area contributed by atoms with Crippen molar-refractivity contribution in [1.82, 2.24) is 15.1 Å². The molecule has 0 amide bonds. The van der Waals surface area contributed by atoms with Crippen molar-refractivity contribution >= 4 is 5.69 Å². The summed E-state index contributed by atoms with van der Waals surface area (Å²) >= 11 is 0. The lowest BCUT2D eigenvalue weighted by molar-refractivity contribution is 0.183. The molecule has 1 saturated heterocycles. The van der Waals surface area contributed by atoms with Crippen molar-refractivity contribution in [3.63, 3.8) is 0 Å². The maximum absolute atomic E-state index is 5.13.